The first-order chi connectivity index (χ1) is 14.5. The molecule has 2 aliphatic heterocycles. The largest absolute Gasteiger partial charge is 0.496 e. The molecule has 0 unspecified atom stereocenters. The van der Waals surface area contributed by atoms with Crippen molar-refractivity contribution in [3.63, 3.8) is 0 Å². The van der Waals surface area contributed by atoms with E-state index in [9.17, 15) is 9.59 Å². The zero-order chi connectivity index (χ0) is 21.1. The average Bonchev–Trinajstić information content (AvgIpc) is 3.04. The molecule has 7 nitrogen and oxygen atoms in total. The number of para-hydroxylation sites is 1. The van der Waals surface area contributed by atoms with Gasteiger partial charge in [-0.15, -0.1) is 0 Å². The summed E-state index contributed by atoms with van der Waals surface area (Å²) >= 11 is 0. The first-order valence-electron chi connectivity index (χ1n) is 10.1. The minimum Gasteiger partial charge on any atom is -0.496 e. The van der Waals surface area contributed by atoms with Gasteiger partial charge in [0.1, 0.15) is 5.75 Å². The molecule has 1 N–H and O–H groups in total. The van der Waals surface area contributed by atoms with Crippen LogP contribution in [0, 0.1) is 5.92 Å². The highest BCUT2D eigenvalue weighted by Crippen LogP contribution is 2.30. The lowest BCUT2D eigenvalue weighted by atomic mass is 10.0. The van der Waals surface area contributed by atoms with Crippen LogP contribution in [0.1, 0.15) is 10.4 Å². The number of carboxylic acid groups (broad SMARTS) is 1. The molecule has 0 radical (unpaired) electrons. The Morgan fingerprint density at radius 3 is 2.57 bits per heavy atom. The standard InChI is InChI=1S/C23H26N2O5/c1-29-21-5-3-2-4-20(21)17-6-8-18(9-7-17)23(28)25-11-16-10-24(13-22(26)27)12-19(25)15-30-14-16/h2-9,16,19H,10-15H2,1H3,(H,26,27)/t16-,19-/m0/s1. The van der Waals surface area contributed by atoms with Gasteiger partial charge >= 0.3 is 5.97 Å². The van der Waals surface area contributed by atoms with Crippen molar-refractivity contribution >= 4 is 11.9 Å². The van der Waals surface area contributed by atoms with Gasteiger partial charge in [-0.05, 0) is 23.8 Å². The van der Waals surface area contributed by atoms with Gasteiger partial charge in [-0.2, -0.15) is 0 Å². The Labute approximate surface area is 175 Å². The molecule has 30 heavy (non-hydrogen) atoms. The fourth-order valence-corrected chi connectivity index (χ4v) is 4.35. The van der Waals surface area contributed by atoms with Crippen molar-refractivity contribution in [1.82, 2.24) is 9.80 Å². The van der Waals surface area contributed by atoms with Crippen LogP contribution < -0.4 is 4.74 Å². The molecule has 1 amide bonds. The predicted octanol–water partition coefficient (Wildman–Crippen LogP) is 2.22. The van der Waals surface area contributed by atoms with E-state index in [0.29, 0.717) is 38.4 Å². The number of carboxylic acids is 1. The molecule has 2 aromatic carbocycles. The van der Waals surface area contributed by atoms with Crippen molar-refractivity contribution in [2.45, 2.75) is 6.04 Å². The van der Waals surface area contributed by atoms with E-state index in [1.54, 1.807) is 7.11 Å². The third-order valence-corrected chi connectivity index (χ3v) is 5.71. The Morgan fingerprint density at radius 1 is 1.07 bits per heavy atom. The molecule has 158 valence electrons. The molecule has 0 spiro atoms. The van der Waals surface area contributed by atoms with Crippen LogP contribution in [0.15, 0.2) is 48.5 Å². The Kier molecular flexibility index (Phi) is 6.01. The average molecular weight is 410 g/mol. The van der Waals surface area contributed by atoms with Crippen molar-refractivity contribution in [2.75, 3.05) is 46.5 Å². The van der Waals surface area contributed by atoms with Crippen molar-refractivity contribution in [2.24, 2.45) is 5.92 Å². The van der Waals surface area contributed by atoms with E-state index in [4.69, 9.17) is 14.6 Å². The molecular formula is C23H26N2O5. The predicted molar refractivity (Wildman–Crippen MR) is 112 cm³/mol. The number of methoxy groups -OCH3 is 1. The third kappa shape index (κ3) is 4.32. The van der Waals surface area contributed by atoms with Gasteiger partial charge in [0.05, 0.1) is 32.9 Å². The Hall–Kier alpha value is -2.90. The van der Waals surface area contributed by atoms with Crippen LogP contribution in [0.25, 0.3) is 11.1 Å². The SMILES string of the molecule is COc1ccccc1-c1ccc(C(=O)N2C[C@H]3COC[C@@H]2CN(CC(=O)O)C3)cc1. The summed E-state index contributed by atoms with van der Waals surface area (Å²) in [5, 5.41) is 9.17. The molecule has 2 fully saturated rings. The van der Waals surface area contributed by atoms with Crippen LogP contribution in [-0.4, -0.2) is 79.3 Å². The van der Waals surface area contributed by atoms with Gasteiger partial charge in [0, 0.05) is 36.7 Å². The number of hydrogen-bond acceptors (Lipinski definition) is 5. The smallest absolute Gasteiger partial charge is 0.317 e. The molecule has 0 aromatic heterocycles. The Morgan fingerprint density at radius 2 is 1.83 bits per heavy atom. The number of fused-ring (bicyclic) bond motifs is 3. The summed E-state index contributed by atoms with van der Waals surface area (Å²) in [6.07, 6.45) is 0. The lowest BCUT2D eigenvalue weighted by molar-refractivity contribution is -0.138. The van der Waals surface area contributed by atoms with Gasteiger partial charge < -0.3 is 19.5 Å². The molecule has 0 saturated carbocycles. The van der Waals surface area contributed by atoms with Gasteiger partial charge in [0.2, 0.25) is 0 Å². The third-order valence-electron chi connectivity index (χ3n) is 5.71. The lowest BCUT2D eigenvalue weighted by Crippen LogP contribution is -2.47. The first kappa shape index (κ1) is 20.4. The molecule has 2 bridgehead atoms. The molecular weight excluding hydrogens is 384 g/mol. The maximum absolute atomic E-state index is 13.3. The van der Waals surface area contributed by atoms with Gasteiger partial charge in [-0.25, -0.2) is 0 Å². The Balaban J connectivity index is 1.54. The molecule has 2 aromatic rings. The van der Waals surface area contributed by atoms with E-state index in [-0.39, 0.29) is 24.4 Å². The van der Waals surface area contributed by atoms with Crippen LogP contribution >= 0.6 is 0 Å². The maximum atomic E-state index is 13.3. The zero-order valence-corrected chi connectivity index (χ0v) is 17.0. The highest BCUT2D eigenvalue weighted by atomic mass is 16.5. The van der Waals surface area contributed by atoms with Gasteiger partial charge in [-0.1, -0.05) is 30.3 Å². The number of ether oxygens (including phenoxy) is 2. The second-order valence-corrected chi connectivity index (χ2v) is 7.88. The van der Waals surface area contributed by atoms with Gasteiger partial charge in [0.15, 0.2) is 0 Å². The number of amides is 1. The number of rotatable bonds is 5. The van der Waals surface area contributed by atoms with E-state index in [1.165, 1.54) is 0 Å². The minimum absolute atomic E-state index is 0.0113. The van der Waals surface area contributed by atoms with Gasteiger partial charge in [-0.3, -0.25) is 14.5 Å². The van der Waals surface area contributed by atoms with Crippen LogP contribution in [0.3, 0.4) is 0 Å². The van der Waals surface area contributed by atoms with Crippen molar-refractivity contribution in [3.8, 4) is 16.9 Å². The number of hydrogen-bond donors (Lipinski definition) is 1. The van der Waals surface area contributed by atoms with Crippen LogP contribution in [0.5, 0.6) is 5.75 Å². The number of benzene rings is 2. The quantitative estimate of drug-likeness (QED) is 0.814. The molecule has 2 saturated heterocycles. The molecule has 7 heteroatoms. The second kappa shape index (κ2) is 8.85. The highest BCUT2D eigenvalue weighted by molar-refractivity contribution is 5.95. The number of carbonyl (C=O) groups excluding carboxylic acids is 1. The molecule has 2 atom stereocenters. The zero-order valence-electron chi connectivity index (χ0n) is 17.0. The summed E-state index contributed by atoms with van der Waals surface area (Å²) in [6, 6.07) is 15.2. The minimum atomic E-state index is -0.847. The van der Waals surface area contributed by atoms with Crippen LogP contribution in [-0.2, 0) is 9.53 Å². The summed E-state index contributed by atoms with van der Waals surface area (Å²) < 4.78 is 11.2. The first-order valence-corrected chi connectivity index (χ1v) is 10.1. The van der Waals surface area contributed by atoms with Crippen LogP contribution in [0.4, 0.5) is 0 Å². The fraction of sp³-hybridized carbons (Fsp3) is 0.391. The topological polar surface area (TPSA) is 79.3 Å². The normalized spacial score (nSPS) is 21.7. The Bertz CT molecular complexity index is 914. The maximum Gasteiger partial charge on any atom is 0.317 e. The summed E-state index contributed by atoms with van der Waals surface area (Å²) in [4.78, 5) is 28.2. The molecule has 0 aliphatic carbocycles. The summed E-state index contributed by atoms with van der Waals surface area (Å²) in [7, 11) is 1.64. The fourth-order valence-electron chi connectivity index (χ4n) is 4.35. The second-order valence-electron chi connectivity index (χ2n) is 7.88. The van der Waals surface area contributed by atoms with E-state index in [0.717, 1.165) is 16.9 Å². The number of aliphatic carboxylic acids is 1. The summed E-state index contributed by atoms with van der Waals surface area (Å²) in [5.41, 5.74) is 2.57. The highest BCUT2D eigenvalue weighted by Gasteiger charge is 2.36. The van der Waals surface area contributed by atoms with E-state index >= 15 is 0 Å². The van der Waals surface area contributed by atoms with Crippen molar-refractivity contribution < 1.29 is 24.2 Å². The van der Waals surface area contributed by atoms with Crippen molar-refractivity contribution in [3.05, 3.63) is 54.1 Å². The number of nitrogens with zero attached hydrogens (tertiary/aromatic N) is 2. The van der Waals surface area contributed by atoms with E-state index in [1.807, 2.05) is 58.3 Å². The monoisotopic (exact) mass is 410 g/mol. The number of carbonyl (C=O) groups is 2. The molecule has 2 heterocycles. The van der Waals surface area contributed by atoms with E-state index < -0.39 is 5.97 Å². The molecule has 4 rings (SSSR count). The van der Waals surface area contributed by atoms with Crippen molar-refractivity contribution in [1.29, 1.82) is 0 Å². The summed E-state index contributed by atoms with van der Waals surface area (Å²) in [6.45, 7) is 2.67. The lowest BCUT2D eigenvalue weighted by Gasteiger charge is -2.30. The molecule has 2 aliphatic rings. The van der Waals surface area contributed by atoms with Crippen LogP contribution in [0.2, 0.25) is 0 Å². The summed E-state index contributed by atoms with van der Waals surface area (Å²) in [5.74, 6) is 0.00200. The van der Waals surface area contributed by atoms with Gasteiger partial charge in [0.25, 0.3) is 5.91 Å². The van der Waals surface area contributed by atoms with E-state index in [2.05, 4.69) is 0 Å².